The van der Waals surface area contributed by atoms with E-state index in [1.165, 1.54) is 0 Å². The van der Waals surface area contributed by atoms with E-state index in [4.69, 9.17) is 9.63 Å². The Kier molecular flexibility index (Phi) is 5.33. The van der Waals surface area contributed by atoms with Crippen LogP contribution >= 0.6 is 0 Å². The van der Waals surface area contributed by atoms with E-state index < -0.39 is 0 Å². The van der Waals surface area contributed by atoms with Crippen molar-refractivity contribution in [3.8, 4) is 11.5 Å². The van der Waals surface area contributed by atoms with Gasteiger partial charge in [0.1, 0.15) is 0 Å². The maximum Gasteiger partial charge on any atom is 0.321 e. The van der Waals surface area contributed by atoms with Gasteiger partial charge in [-0.25, -0.2) is 4.79 Å². The van der Waals surface area contributed by atoms with Crippen molar-refractivity contribution in [2.24, 2.45) is 5.92 Å². The van der Waals surface area contributed by atoms with Crippen LogP contribution in [0, 0.1) is 5.92 Å². The summed E-state index contributed by atoms with van der Waals surface area (Å²) in [5.74, 6) is 1.69. The van der Waals surface area contributed by atoms with E-state index in [2.05, 4.69) is 15.5 Å². The molecule has 0 atom stereocenters. The maximum absolute atomic E-state index is 12.3. The fraction of sp³-hybridized carbons (Fsp3) is 0.500. The van der Waals surface area contributed by atoms with Crippen LogP contribution in [0.15, 0.2) is 28.8 Å². The summed E-state index contributed by atoms with van der Waals surface area (Å²) in [5, 5.41) is 16.0. The van der Waals surface area contributed by atoms with Gasteiger partial charge in [-0.05, 0) is 43.0 Å². The van der Waals surface area contributed by atoms with Crippen molar-refractivity contribution in [3.63, 3.8) is 0 Å². The number of aromatic nitrogens is 2. The van der Waals surface area contributed by atoms with Gasteiger partial charge in [-0.15, -0.1) is 0 Å². The number of carbonyl (C=O) groups excluding carboxylic acids is 1. The Balaban J connectivity index is 1.59. The normalized spacial score (nSPS) is 15.6. The molecule has 0 radical (unpaired) electrons. The molecule has 1 aromatic carbocycles. The van der Waals surface area contributed by atoms with Gasteiger partial charge >= 0.3 is 6.03 Å². The lowest BCUT2D eigenvalue weighted by atomic mass is 9.98. The van der Waals surface area contributed by atoms with Gasteiger partial charge in [0.25, 0.3) is 5.89 Å². The lowest BCUT2D eigenvalue weighted by Gasteiger charge is -2.31. The number of carbonyl (C=O) groups is 1. The number of rotatable bonds is 4. The minimum Gasteiger partial charge on any atom is -0.396 e. The van der Waals surface area contributed by atoms with Gasteiger partial charge in [0.2, 0.25) is 0 Å². The highest BCUT2D eigenvalue weighted by molar-refractivity contribution is 5.89. The Morgan fingerprint density at radius 3 is 2.56 bits per heavy atom. The van der Waals surface area contributed by atoms with E-state index in [1.807, 2.05) is 38.1 Å². The highest BCUT2D eigenvalue weighted by atomic mass is 16.5. The predicted molar refractivity (Wildman–Crippen MR) is 94.2 cm³/mol. The van der Waals surface area contributed by atoms with E-state index in [-0.39, 0.29) is 18.6 Å². The van der Waals surface area contributed by atoms with Crippen LogP contribution in [-0.2, 0) is 0 Å². The zero-order valence-corrected chi connectivity index (χ0v) is 14.6. The third kappa shape index (κ3) is 4.17. The molecule has 0 unspecified atom stereocenters. The number of benzene rings is 1. The summed E-state index contributed by atoms with van der Waals surface area (Å²) < 4.78 is 5.27. The summed E-state index contributed by atoms with van der Waals surface area (Å²) in [6, 6.07) is 7.25. The molecule has 0 aliphatic carbocycles. The lowest BCUT2D eigenvalue weighted by molar-refractivity contribution is 0.143. The second-order valence-corrected chi connectivity index (χ2v) is 6.73. The summed E-state index contributed by atoms with van der Waals surface area (Å²) >= 11 is 0. The van der Waals surface area contributed by atoms with Crippen molar-refractivity contribution in [1.29, 1.82) is 0 Å². The zero-order chi connectivity index (χ0) is 17.8. The number of piperidine rings is 1. The Hall–Kier alpha value is -2.41. The number of aliphatic hydroxyl groups is 1. The first kappa shape index (κ1) is 17.4. The van der Waals surface area contributed by atoms with Crippen molar-refractivity contribution in [1.82, 2.24) is 15.0 Å². The van der Waals surface area contributed by atoms with Crippen molar-refractivity contribution >= 4 is 11.7 Å². The Morgan fingerprint density at radius 2 is 2.00 bits per heavy atom. The number of amides is 2. The Morgan fingerprint density at radius 1 is 1.32 bits per heavy atom. The standard InChI is InChI=1S/C18H24N4O3/c1-12(2)16-20-17(25-21-16)14-3-5-15(6-4-14)19-18(24)22-9-7-13(11-23)8-10-22/h3-6,12-13,23H,7-11H2,1-2H3,(H,19,24). The fourth-order valence-electron chi connectivity index (χ4n) is 2.80. The molecule has 0 bridgehead atoms. The quantitative estimate of drug-likeness (QED) is 0.889. The van der Waals surface area contributed by atoms with Crippen LogP contribution in [0.1, 0.15) is 38.4 Å². The van der Waals surface area contributed by atoms with Gasteiger partial charge in [0, 0.05) is 36.9 Å². The van der Waals surface area contributed by atoms with E-state index in [1.54, 1.807) is 4.90 Å². The molecule has 0 spiro atoms. The van der Waals surface area contributed by atoms with Crippen molar-refractivity contribution in [2.45, 2.75) is 32.6 Å². The molecule has 134 valence electrons. The molecule has 7 nitrogen and oxygen atoms in total. The predicted octanol–water partition coefficient (Wildman–Crippen LogP) is 3.10. The molecule has 1 aromatic heterocycles. The van der Waals surface area contributed by atoms with Gasteiger partial charge in [-0.3, -0.25) is 0 Å². The van der Waals surface area contributed by atoms with Gasteiger partial charge in [0.15, 0.2) is 5.82 Å². The second-order valence-electron chi connectivity index (χ2n) is 6.73. The van der Waals surface area contributed by atoms with Crippen LogP contribution in [0.2, 0.25) is 0 Å². The van der Waals surface area contributed by atoms with Gasteiger partial charge in [-0.2, -0.15) is 4.98 Å². The van der Waals surface area contributed by atoms with Crippen LogP contribution in [-0.4, -0.2) is 45.9 Å². The molecule has 3 rings (SSSR count). The molecule has 2 N–H and O–H groups in total. The first-order chi connectivity index (χ1) is 12.1. The average molecular weight is 344 g/mol. The first-order valence-electron chi connectivity index (χ1n) is 8.67. The number of aliphatic hydroxyl groups excluding tert-OH is 1. The van der Waals surface area contributed by atoms with E-state index >= 15 is 0 Å². The minimum absolute atomic E-state index is 0.107. The number of hydrogen-bond donors (Lipinski definition) is 2. The minimum atomic E-state index is -0.107. The maximum atomic E-state index is 12.3. The number of nitrogens with zero attached hydrogens (tertiary/aromatic N) is 3. The number of nitrogens with one attached hydrogen (secondary N) is 1. The van der Waals surface area contributed by atoms with Gasteiger partial charge < -0.3 is 19.8 Å². The number of anilines is 1. The highest BCUT2D eigenvalue weighted by Gasteiger charge is 2.22. The van der Waals surface area contributed by atoms with Crippen molar-refractivity contribution in [3.05, 3.63) is 30.1 Å². The Labute approximate surface area is 147 Å². The van der Waals surface area contributed by atoms with Crippen LogP contribution < -0.4 is 5.32 Å². The zero-order valence-electron chi connectivity index (χ0n) is 14.6. The third-order valence-electron chi connectivity index (χ3n) is 4.50. The average Bonchev–Trinajstić information content (AvgIpc) is 3.13. The monoisotopic (exact) mass is 344 g/mol. The molecule has 7 heteroatoms. The molecule has 2 aromatic rings. The van der Waals surface area contributed by atoms with E-state index in [0.29, 0.717) is 30.7 Å². The summed E-state index contributed by atoms with van der Waals surface area (Å²) in [7, 11) is 0. The molecule has 1 aliphatic heterocycles. The second kappa shape index (κ2) is 7.65. The van der Waals surface area contributed by atoms with Crippen molar-refractivity contribution < 1.29 is 14.4 Å². The van der Waals surface area contributed by atoms with Crippen molar-refractivity contribution in [2.75, 3.05) is 25.0 Å². The molecule has 1 saturated heterocycles. The van der Waals surface area contributed by atoms with Crippen LogP contribution in [0.25, 0.3) is 11.5 Å². The van der Waals surface area contributed by atoms with Gasteiger partial charge in [0.05, 0.1) is 0 Å². The Bertz CT molecular complexity index is 703. The molecular formula is C18H24N4O3. The summed E-state index contributed by atoms with van der Waals surface area (Å²) in [6.45, 7) is 5.57. The van der Waals surface area contributed by atoms with Crippen LogP contribution in [0.4, 0.5) is 10.5 Å². The smallest absolute Gasteiger partial charge is 0.321 e. The molecule has 1 fully saturated rings. The van der Waals surface area contributed by atoms with Crippen LogP contribution in [0.5, 0.6) is 0 Å². The largest absolute Gasteiger partial charge is 0.396 e. The molecule has 1 aliphatic rings. The van der Waals surface area contributed by atoms with E-state index in [9.17, 15) is 4.79 Å². The highest BCUT2D eigenvalue weighted by Crippen LogP contribution is 2.22. The summed E-state index contributed by atoms with van der Waals surface area (Å²) in [4.78, 5) is 18.5. The van der Waals surface area contributed by atoms with Gasteiger partial charge in [-0.1, -0.05) is 19.0 Å². The van der Waals surface area contributed by atoms with E-state index in [0.717, 1.165) is 24.1 Å². The fourth-order valence-corrected chi connectivity index (χ4v) is 2.80. The molecule has 25 heavy (non-hydrogen) atoms. The molecular weight excluding hydrogens is 320 g/mol. The SMILES string of the molecule is CC(C)c1noc(-c2ccc(NC(=O)N3CCC(CO)CC3)cc2)n1. The molecule has 2 heterocycles. The lowest BCUT2D eigenvalue weighted by Crippen LogP contribution is -2.41. The third-order valence-corrected chi connectivity index (χ3v) is 4.50. The number of urea groups is 1. The summed E-state index contributed by atoms with van der Waals surface area (Å²) in [5.41, 5.74) is 1.54. The first-order valence-corrected chi connectivity index (χ1v) is 8.67. The summed E-state index contributed by atoms with van der Waals surface area (Å²) in [6.07, 6.45) is 1.69. The number of likely N-dealkylation sites (tertiary alicyclic amines) is 1. The molecule has 0 saturated carbocycles. The van der Waals surface area contributed by atoms with Crippen LogP contribution in [0.3, 0.4) is 0 Å². The topological polar surface area (TPSA) is 91.5 Å². The molecule has 2 amide bonds. The number of hydrogen-bond acceptors (Lipinski definition) is 5.